The van der Waals surface area contributed by atoms with Crippen LogP contribution in [0.5, 0.6) is 0 Å². The van der Waals surface area contributed by atoms with Gasteiger partial charge in [0.05, 0.1) is 7.11 Å². The zero-order valence-electron chi connectivity index (χ0n) is 12.3. The van der Waals surface area contributed by atoms with Gasteiger partial charge in [0.2, 0.25) is 0 Å². The normalized spacial score (nSPS) is 12.2. The van der Waals surface area contributed by atoms with E-state index >= 15 is 0 Å². The van der Waals surface area contributed by atoms with Crippen LogP contribution in [-0.4, -0.2) is 58.0 Å². The highest BCUT2D eigenvalue weighted by atomic mass is 16.6. The number of aliphatic carboxylic acids is 2. The minimum absolute atomic E-state index is 0.260. The number of amides is 2. The maximum Gasteiger partial charge on any atom is 0.420 e. The fourth-order valence-corrected chi connectivity index (χ4v) is 1.36. The standard InChI is InChI=1S/C12H19NO8/c1-12(2,3)21-11(19)13(10(18)20-4)7(9(16)17)5-6-8(14)15/h7H,5-6H2,1-4H3,(H,14,15)(H,16,17)/t7-/m0/s1. The SMILES string of the molecule is COC(=O)N(C(=O)OC(C)(C)C)[C@@H](CCC(=O)O)C(=O)O. The van der Waals surface area contributed by atoms with Crippen LogP contribution >= 0.6 is 0 Å². The molecule has 0 saturated heterocycles. The van der Waals surface area contributed by atoms with Crippen molar-refractivity contribution >= 4 is 24.1 Å². The fourth-order valence-electron chi connectivity index (χ4n) is 1.36. The quantitative estimate of drug-likeness (QED) is 0.777. The Hall–Kier alpha value is -2.32. The minimum Gasteiger partial charge on any atom is -0.481 e. The van der Waals surface area contributed by atoms with E-state index in [9.17, 15) is 19.2 Å². The second-order valence-corrected chi connectivity index (χ2v) is 5.11. The first kappa shape index (κ1) is 18.7. The van der Waals surface area contributed by atoms with Crippen molar-refractivity contribution in [3.8, 4) is 0 Å². The lowest BCUT2D eigenvalue weighted by atomic mass is 10.1. The zero-order chi connectivity index (χ0) is 16.8. The van der Waals surface area contributed by atoms with Crippen LogP contribution in [0.2, 0.25) is 0 Å². The number of hydrogen-bond acceptors (Lipinski definition) is 6. The summed E-state index contributed by atoms with van der Waals surface area (Å²) in [7, 11) is 0.968. The van der Waals surface area contributed by atoms with Crippen molar-refractivity contribution in [3.63, 3.8) is 0 Å². The van der Waals surface area contributed by atoms with E-state index in [4.69, 9.17) is 14.9 Å². The largest absolute Gasteiger partial charge is 0.481 e. The average molecular weight is 305 g/mol. The van der Waals surface area contributed by atoms with Gasteiger partial charge in [-0.25, -0.2) is 14.4 Å². The summed E-state index contributed by atoms with van der Waals surface area (Å²) < 4.78 is 9.30. The molecular formula is C12H19NO8. The topological polar surface area (TPSA) is 130 Å². The number of imide groups is 1. The molecule has 1 atom stereocenters. The number of carbonyl (C=O) groups is 4. The molecule has 0 radical (unpaired) electrons. The highest BCUT2D eigenvalue weighted by molar-refractivity contribution is 5.93. The molecule has 0 rings (SSSR count). The Labute approximate surface area is 121 Å². The monoisotopic (exact) mass is 305 g/mol. The smallest absolute Gasteiger partial charge is 0.420 e. The van der Waals surface area contributed by atoms with Gasteiger partial charge in [-0.05, 0) is 27.2 Å². The Morgan fingerprint density at radius 3 is 1.95 bits per heavy atom. The number of ether oxygens (including phenoxy) is 2. The van der Waals surface area contributed by atoms with Crippen molar-refractivity contribution in [2.45, 2.75) is 45.3 Å². The van der Waals surface area contributed by atoms with Gasteiger partial charge in [0.25, 0.3) is 0 Å². The lowest BCUT2D eigenvalue weighted by molar-refractivity contribution is -0.143. The van der Waals surface area contributed by atoms with E-state index in [1.165, 1.54) is 20.8 Å². The van der Waals surface area contributed by atoms with Crippen molar-refractivity contribution in [1.29, 1.82) is 0 Å². The third-order valence-corrected chi connectivity index (χ3v) is 2.19. The maximum absolute atomic E-state index is 11.9. The molecule has 2 N–H and O–H groups in total. The molecule has 21 heavy (non-hydrogen) atoms. The number of nitrogens with zero attached hydrogens (tertiary/aromatic N) is 1. The maximum atomic E-state index is 11.9. The number of hydrogen-bond donors (Lipinski definition) is 2. The summed E-state index contributed by atoms with van der Waals surface area (Å²) in [4.78, 5) is 45.6. The van der Waals surface area contributed by atoms with E-state index in [0.717, 1.165) is 7.11 Å². The van der Waals surface area contributed by atoms with Crippen molar-refractivity contribution in [2.75, 3.05) is 7.11 Å². The molecule has 2 amide bonds. The third-order valence-electron chi connectivity index (χ3n) is 2.19. The first-order valence-corrected chi connectivity index (χ1v) is 6.04. The van der Waals surface area contributed by atoms with E-state index in [1.54, 1.807) is 0 Å². The summed E-state index contributed by atoms with van der Waals surface area (Å²) >= 11 is 0. The second-order valence-electron chi connectivity index (χ2n) is 5.11. The molecule has 0 aliphatic carbocycles. The lowest BCUT2D eigenvalue weighted by Gasteiger charge is -2.28. The van der Waals surface area contributed by atoms with Crippen LogP contribution in [0.4, 0.5) is 9.59 Å². The first-order valence-electron chi connectivity index (χ1n) is 6.04. The van der Waals surface area contributed by atoms with Crippen LogP contribution < -0.4 is 0 Å². The van der Waals surface area contributed by atoms with Crippen LogP contribution in [0.3, 0.4) is 0 Å². The molecule has 0 aromatic rings. The van der Waals surface area contributed by atoms with Crippen LogP contribution in [0.15, 0.2) is 0 Å². The molecule has 0 aromatic carbocycles. The Balaban J connectivity index is 5.33. The van der Waals surface area contributed by atoms with Crippen LogP contribution in [0.25, 0.3) is 0 Å². The van der Waals surface area contributed by atoms with Crippen molar-refractivity contribution in [1.82, 2.24) is 4.90 Å². The molecule has 0 fully saturated rings. The van der Waals surface area contributed by atoms with Crippen LogP contribution in [-0.2, 0) is 19.1 Å². The van der Waals surface area contributed by atoms with E-state index in [1.807, 2.05) is 0 Å². The molecule has 9 heteroatoms. The van der Waals surface area contributed by atoms with Gasteiger partial charge in [0, 0.05) is 6.42 Å². The zero-order valence-corrected chi connectivity index (χ0v) is 12.3. The Morgan fingerprint density at radius 1 is 1.10 bits per heavy atom. The van der Waals surface area contributed by atoms with Crippen molar-refractivity contribution in [2.24, 2.45) is 0 Å². The Morgan fingerprint density at radius 2 is 1.62 bits per heavy atom. The van der Waals surface area contributed by atoms with Gasteiger partial charge in [0.15, 0.2) is 0 Å². The molecule has 120 valence electrons. The minimum atomic E-state index is -1.69. The van der Waals surface area contributed by atoms with Gasteiger partial charge in [-0.15, -0.1) is 0 Å². The summed E-state index contributed by atoms with van der Waals surface area (Å²) in [6.45, 7) is 4.61. The number of carbonyl (C=O) groups excluding carboxylic acids is 2. The summed E-state index contributed by atoms with van der Waals surface area (Å²) in [6.07, 6.45) is -3.44. The molecule has 0 spiro atoms. The fraction of sp³-hybridized carbons (Fsp3) is 0.667. The molecule has 0 aliphatic heterocycles. The summed E-state index contributed by atoms with van der Waals surface area (Å²) in [5.41, 5.74) is -0.959. The van der Waals surface area contributed by atoms with Gasteiger partial charge in [-0.3, -0.25) is 4.79 Å². The molecule has 0 bridgehead atoms. The number of rotatable bonds is 5. The molecule has 0 unspecified atom stereocenters. The highest BCUT2D eigenvalue weighted by Gasteiger charge is 2.38. The average Bonchev–Trinajstić information content (AvgIpc) is 2.30. The van der Waals surface area contributed by atoms with E-state index < -0.39 is 48.6 Å². The summed E-state index contributed by atoms with van der Waals surface area (Å²) in [5, 5.41) is 17.7. The second kappa shape index (κ2) is 7.46. The van der Waals surface area contributed by atoms with E-state index in [-0.39, 0.29) is 4.90 Å². The predicted molar refractivity (Wildman–Crippen MR) is 68.8 cm³/mol. The van der Waals surface area contributed by atoms with Crippen molar-refractivity contribution in [3.05, 3.63) is 0 Å². The number of carboxylic acids is 2. The Bertz CT molecular complexity index is 425. The molecular weight excluding hydrogens is 286 g/mol. The molecule has 0 aromatic heterocycles. The molecule has 0 saturated carbocycles. The number of methoxy groups -OCH3 is 1. The third kappa shape index (κ3) is 6.59. The summed E-state index contributed by atoms with van der Waals surface area (Å²) in [6, 6.07) is -1.69. The van der Waals surface area contributed by atoms with Gasteiger partial charge in [0.1, 0.15) is 11.6 Å². The van der Waals surface area contributed by atoms with Gasteiger partial charge >= 0.3 is 24.1 Å². The lowest BCUT2D eigenvalue weighted by Crippen LogP contribution is -2.50. The predicted octanol–water partition coefficient (Wildman–Crippen LogP) is 1.31. The molecule has 0 aliphatic rings. The van der Waals surface area contributed by atoms with Crippen molar-refractivity contribution < 1.29 is 38.9 Å². The van der Waals surface area contributed by atoms with Gasteiger partial charge in [-0.1, -0.05) is 0 Å². The highest BCUT2D eigenvalue weighted by Crippen LogP contribution is 2.16. The molecule has 0 heterocycles. The first-order chi connectivity index (χ1) is 9.49. The molecule has 9 nitrogen and oxygen atoms in total. The van der Waals surface area contributed by atoms with Gasteiger partial charge < -0.3 is 19.7 Å². The van der Waals surface area contributed by atoms with E-state index in [2.05, 4.69) is 4.74 Å². The Kier molecular flexibility index (Phi) is 6.64. The van der Waals surface area contributed by atoms with E-state index in [0.29, 0.717) is 0 Å². The van der Waals surface area contributed by atoms with Crippen LogP contribution in [0, 0.1) is 0 Å². The summed E-state index contributed by atoms with van der Waals surface area (Å²) in [5.74, 6) is -2.79. The van der Waals surface area contributed by atoms with Gasteiger partial charge in [-0.2, -0.15) is 4.90 Å². The van der Waals surface area contributed by atoms with Crippen LogP contribution in [0.1, 0.15) is 33.6 Å². The number of carboxylic acid groups (broad SMARTS) is 2.